The second-order valence-corrected chi connectivity index (χ2v) is 6.78. The number of aliphatic imine (C=N–C) groups is 1. The third kappa shape index (κ3) is 6.65. The Labute approximate surface area is 195 Å². The first-order valence-electron chi connectivity index (χ1n) is 10.2. The summed E-state index contributed by atoms with van der Waals surface area (Å²) in [5, 5.41) is 11.9. The van der Waals surface area contributed by atoms with Crippen molar-refractivity contribution in [2.45, 2.75) is 33.2 Å². The molecule has 0 bridgehead atoms. The Bertz CT molecular complexity index is 1220. The van der Waals surface area contributed by atoms with Crippen molar-refractivity contribution in [1.82, 2.24) is 15.0 Å². The zero-order valence-electron chi connectivity index (χ0n) is 18.9. The fourth-order valence-corrected chi connectivity index (χ4v) is 2.71. The van der Waals surface area contributed by atoms with Crippen LogP contribution in [0.4, 0.5) is 24.7 Å². The number of hydrogen-bond acceptors (Lipinski definition) is 7. The number of rotatable bonds is 7. The van der Waals surface area contributed by atoms with Gasteiger partial charge >= 0.3 is 0 Å². The molecule has 0 radical (unpaired) electrons. The lowest BCUT2D eigenvalue weighted by Crippen LogP contribution is -2.21. The average molecular weight is 471 g/mol. The Morgan fingerprint density at radius 2 is 2.00 bits per heavy atom. The maximum Gasteiger partial charge on any atom is 0.283 e. The lowest BCUT2D eigenvalue weighted by molar-refractivity contribution is 0.114. The summed E-state index contributed by atoms with van der Waals surface area (Å²) >= 11 is 0. The summed E-state index contributed by atoms with van der Waals surface area (Å²) in [5.41, 5.74) is 7.11. The molecule has 0 aliphatic carbocycles. The molecule has 0 unspecified atom stereocenters. The maximum atomic E-state index is 14.4. The van der Waals surface area contributed by atoms with E-state index in [1.807, 2.05) is 19.9 Å². The van der Waals surface area contributed by atoms with Crippen LogP contribution in [0.1, 0.15) is 37.9 Å². The maximum absolute atomic E-state index is 14.4. The van der Waals surface area contributed by atoms with Gasteiger partial charge < -0.3 is 15.8 Å². The number of amidine groups is 1. The third-order valence-electron chi connectivity index (χ3n) is 4.15. The molecule has 8 nitrogen and oxygen atoms in total. The van der Waals surface area contributed by atoms with Crippen molar-refractivity contribution in [3.05, 3.63) is 65.9 Å². The topological polar surface area (TPSA) is 122 Å². The van der Waals surface area contributed by atoms with Crippen molar-refractivity contribution in [3.63, 3.8) is 0 Å². The first-order valence-corrected chi connectivity index (χ1v) is 10.2. The number of ether oxygens (including phenoxy) is 1. The van der Waals surface area contributed by atoms with Crippen LogP contribution in [0.3, 0.4) is 0 Å². The van der Waals surface area contributed by atoms with Crippen LogP contribution in [0.25, 0.3) is 11.0 Å². The molecule has 2 aromatic heterocycles. The number of nitrogens with zero attached hydrogens (tertiary/aromatic N) is 5. The third-order valence-corrected chi connectivity index (χ3v) is 4.15. The predicted octanol–water partition coefficient (Wildman–Crippen LogP) is 5.02. The van der Waals surface area contributed by atoms with Crippen LogP contribution in [0.5, 0.6) is 0 Å². The van der Waals surface area contributed by atoms with E-state index in [2.05, 4.69) is 31.8 Å². The number of nitrogens with two attached hydrogens (primary N) is 1. The van der Waals surface area contributed by atoms with E-state index in [4.69, 9.17) is 15.7 Å². The second kappa shape index (κ2) is 12.2. The summed E-state index contributed by atoms with van der Waals surface area (Å²) in [5.74, 6) is -0.639. The summed E-state index contributed by atoms with van der Waals surface area (Å²) in [6.07, 6.45) is -0.441. The van der Waals surface area contributed by atoms with Gasteiger partial charge in [-0.15, -0.1) is 0 Å². The Morgan fingerprint density at radius 3 is 2.65 bits per heavy atom. The smallest absolute Gasteiger partial charge is 0.283 e. The first kappa shape index (κ1) is 26.1. The average Bonchev–Trinajstić information content (AvgIpc) is 2.83. The summed E-state index contributed by atoms with van der Waals surface area (Å²) in [4.78, 5) is 16.0. The van der Waals surface area contributed by atoms with Gasteiger partial charge in [0.25, 0.3) is 12.4 Å². The van der Waals surface area contributed by atoms with Crippen molar-refractivity contribution < 1.29 is 17.9 Å². The zero-order chi connectivity index (χ0) is 25.3. The quantitative estimate of drug-likeness (QED) is 0.282. The molecule has 0 saturated heterocycles. The van der Waals surface area contributed by atoms with Crippen LogP contribution in [0.2, 0.25) is 0 Å². The molecular formula is C23H24F3N7O. The molecular weight excluding hydrogens is 447 g/mol. The minimum Gasteiger partial charge on any atom is -0.461 e. The normalized spacial score (nSPS) is 11.9. The van der Waals surface area contributed by atoms with Crippen LogP contribution in [0, 0.1) is 17.1 Å². The number of benzene rings is 1. The molecule has 2 heterocycles. The van der Waals surface area contributed by atoms with Gasteiger partial charge in [-0.25, -0.2) is 33.1 Å². The van der Waals surface area contributed by atoms with E-state index in [0.717, 1.165) is 6.07 Å². The highest BCUT2D eigenvalue weighted by Gasteiger charge is 2.26. The minimum absolute atomic E-state index is 0.00330. The van der Waals surface area contributed by atoms with E-state index in [0.29, 0.717) is 22.2 Å². The lowest BCUT2D eigenvalue weighted by atomic mass is 10.1. The number of halogens is 3. The number of pyridine rings is 1. The van der Waals surface area contributed by atoms with E-state index in [1.165, 1.54) is 30.7 Å². The fraction of sp³-hybridized carbons (Fsp3) is 0.261. The highest BCUT2D eigenvalue weighted by molar-refractivity contribution is 5.87. The number of hydrogen-bond donors (Lipinski definition) is 2. The molecule has 3 N–H and O–H groups in total. The summed E-state index contributed by atoms with van der Waals surface area (Å²) < 4.78 is 46.8. The largest absolute Gasteiger partial charge is 0.461 e. The Hall–Kier alpha value is -4.20. The van der Waals surface area contributed by atoms with Crippen LogP contribution in [0.15, 0.2) is 53.9 Å². The molecule has 1 atom stereocenters. The Kier molecular flexibility index (Phi) is 9.31. The lowest BCUT2D eigenvalue weighted by Gasteiger charge is -2.16. The van der Waals surface area contributed by atoms with Gasteiger partial charge in [0.15, 0.2) is 5.82 Å². The van der Waals surface area contributed by atoms with E-state index >= 15 is 0 Å². The molecule has 178 valence electrons. The standard InChI is InChI=1S/C21H18F3N7O.C2H6/c1-11(2)9-32-21(26)31-17(19(23)24)14-6-13(3-4-15(14)22)30-20-18-16(28-10-29-20)5-12(7-25)8-27-18;1-2/h3-6,8,10,17,19H,1,9H2,2H3,(H2,26,31)(H,28,29,30);1-2H3/t17-;/m0./s1. The predicted molar refractivity (Wildman–Crippen MR) is 124 cm³/mol. The number of anilines is 2. The fourth-order valence-electron chi connectivity index (χ4n) is 2.71. The summed E-state index contributed by atoms with van der Waals surface area (Å²) in [6.45, 7) is 9.28. The molecule has 34 heavy (non-hydrogen) atoms. The number of aromatic nitrogens is 3. The van der Waals surface area contributed by atoms with Gasteiger partial charge in [-0.1, -0.05) is 20.4 Å². The first-order chi connectivity index (χ1) is 16.3. The molecule has 0 saturated carbocycles. The van der Waals surface area contributed by atoms with Gasteiger partial charge in [-0.3, -0.25) is 0 Å². The molecule has 0 amide bonds. The number of nitrogens with one attached hydrogen (secondary N) is 1. The van der Waals surface area contributed by atoms with E-state index in [9.17, 15) is 13.2 Å². The Balaban J connectivity index is 0.00000199. The Morgan fingerprint density at radius 1 is 1.26 bits per heavy atom. The van der Waals surface area contributed by atoms with E-state index < -0.39 is 24.3 Å². The van der Waals surface area contributed by atoms with Crippen molar-refractivity contribution >= 4 is 28.6 Å². The summed E-state index contributed by atoms with van der Waals surface area (Å²) in [7, 11) is 0. The zero-order valence-corrected chi connectivity index (χ0v) is 18.9. The van der Waals surface area contributed by atoms with Crippen LogP contribution >= 0.6 is 0 Å². The highest BCUT2D eigenvalue weighted by atomic mass is 19.3. The number of nitriles is 1. The van der Waals surface area contributed by atoms with Crippen molar-refractivity contribution in [1.29, 1.82) is 5.26 Å². The van der Waals surface area contributed by atoms with Gasteiger partial charge in [0.1, 0.15) is 36.4 Å². The number of alkyl halides is 2. The molecule has 3 aromatic rings. The number of fused-ring (bicyclic) bond motifs is 1. The van der Waals surface area contributed by atoms with Crippen molar-refractivity contribution in [2.24, 2.45) is 10.7 Å². The van der Waals surface area contributed by atoms with Crippen LogP contribution < -0.4 is 11.1 Å². The van der Waals surface area contributed by atoms with E-state index in [-0.39, 0.29) is 23.7 Å². The van der Waals surface area contributed by atoms with Gasteiger partial charge in [0, 0.05) is 17.4 Å². The van der Waals surface area contributed by atoms with Crippen LogP contribution in [-0.2, 0) is 4.74 Å². The molecule has 11 heteroatoms. The molecule has 0 spiro atoms. The van der Waals surface area contributed by atoms with Gasteiger partial charge in [0.05, 0.1) is 11.1 Å². The van der Waals surface area contributed by atoms with Gasteiger partial charge in [0.2, 0.25) is 0 Å². The highest BCUT2D eigenvalue weighted by Crippen LogP contribution is 2.31. The van der Waals surface area contributed by atoms with Gasteiger partial charge in [-0.05, 0) is 36.8 Å². The minimum atomic E-state index is -3.04. The molecule has 3 rings (SSSR count). The molecule has 0 aliphatic rings. The van der Waals surface area contributed by atoms with Crippen molar-refractivity contribution in [2.75, 3.05) is 11.9 Å². The van der Waals surface area contributed by atoms with Gasteiger partial charge in [-0.2, -0.15) is 5.26 Å². The molecule has 0 aliphatic heterocycles. The SMILES string of the molecule is C=C(C)COC(N)=N[C@@H](c1cc(Nc2ncnc3cc(C#N)cnc23)ccc1F)C(F)F.CC. The van der Waals surface area contributed by atoms with E-state index in [1.54, 1.807) is 6.92 Å². The summed E-state index contributed by atoms with van der Waals surface area (Å²) in [6, 6.07) is 4.65. The molecule has 1 aromatic carbocycles. The second-order valence-electron chi connectivity index (χ2n) is 6.78. The monoisotopic (exact) mass is 471 g/mol. The van der Waals surface area contributed by atoms with Crippen molar-refractivity contribution in [3.8, 4) is 6.07 Å². The molecule has 0 fully saturated rings. The van der Waals surface area contributed by atoms with Crippen LogP contribution in [-0.4, -0.2) is 34.0 Å².